The molecule has 1 amide bonds. The molecular weight excluding hydrogens is 372 g/mol. The number of nitrogens with zero attached hydrogens (tertiary/aromatic N) is 1. The van der Waals surface area contributed by atoms with Gasteiger partial charge in [0.2, 0.25) is 5.91 Å². The first kappa shape index (κ1) is 21.9. The lowest BCUT2D eigenvalue weighted by molar-refractivity contribution is -0.121. The number of hydrogen-bond acceptors (Lipinski definition) is 6. The average Bonchev–Trinajstić information content (AvgIpc) is 2.74. The molecule has 2 aromatic rings. The topological polar surface area (TPSA) is 86.2 Å². The molecule has 0 aromatic heterocycles. The third-order valence-electron chi connectivity index (χ3n) is 4.12. The second kappa shape index (κ2) is 11.5. The molecule has 0 heterocycles. The zero-order valence-corrected chi connectivity index (χ0v) is 16.9. The third-order valence-corrected chi connectivity index (χ3v) is 4.12. The van der Waals surface area contributed by atoms with E-state index in [4.69, 9.17) is 14.2 Å². The summed E-state index contributed by atoms with van der Waals surface area (Å²) in [6.07, 6.45) is 4.96. The van der Waals surface area contributed by atoms with Crippen molar-refractivity contribution in [2.75, 3.05) is 14.2 Å². The van der Waals surface area contributed by atoms with Gasteiger partial charge in [0.05, 0.1) is 26.0 Å². The maximum absolute atomic E-state index is 12.3. The first-order chi connectivity index (χ1) is 14.1. The van der Waals surface area contributed by atoms with Crippen molar-refractivity contribution >= 4 is 18.1 Å². The quantitative estimate of drug-likeness (QED) is 0.215. The van der Waals surface area contributed by atoms with Gasteiger partial charge in [-0.3, -0.25) is 4.79 Å². The minimum Gasteiger partial charge on any atom is -0.493 e. The molecule has 7 nitrogen and oxygen atoms in total. The summed E-state index contributed by atoms with van der Waals surface area (Å²) < 4.78 is 15.7. The molecule has 7 heteroatoms. The summed E-state index contributed by atoms with van der Waals surface area (Å²) >= 11 is 0. The first-order valence-electron chi connectivity index (χ1n) is 9.43. The van der Waals surface area contributed by atoms with E-state index in [-0.39, 0.29) is 5.91 Å². The molecule has 2 rings (SSSR count). The SMILES string of the molecule is CCCCCC(=O)NN=Cc1ccc(OC(=O)c2ccc(OC)c(OC)c2)cc1. The number of carbonyl (C=O) groups is 2. The van der Waals surface area contributed by atoms with E-state index < -0.39 is 5.97 Å². The maximum atomic E-state index is 12.3. The van der Waals surface area contributed by atoms with Crippen molar-refractivity contribution in [3.8, 4) is 17.2 Å². The predicted octanol–water partition coefficient (Wildman–Crippen LogP) is 3.95. The fourth-order valence-electron chi connectivity index (χ4n) is 2.52. The van der Waals surface area contributed by atoms with Gasteiger partial charge in [-0.1, -0.05) is 19.8 Å². The standard InChI is InChI=1S/C22H26N2O5/c1-4-5-6-7-21(25)24-23-15-16-8-11-18(12-9-16)29-22(26)17-10-13-19(27-2)20(14-17)28-3/h8-15H,4-7H2,1-3H3,(H,24,25). The van der Waals surface area contributed by atoms with Crippen LogP contribution in [0.1, 0.15) is 48.5 Å². The lowest BCUT2D eigenvalue weighted by atomic mass is 10.2. The van der Waals surface area contributed by atoms with Gasteiger partial charge < -0.3 is 14.2 Å². The van der Waals surface area contributed by atoms with Crippen molar-refractivity contribution in [2.24, 2.45) is 5.10 Å². The van der Waals surface area contributed by atoms with E-state index in [1.165, 1.54) is 20.4 Å². The highest BCUT2D eigenvalue weighted by atomic mass is 16.5. The molecule has 0 bridgehead atoms. The van der Waals surface area contributed by atoms with E-state index >= 15 is 0 Å². The van der Waals surface area contributed by atoms with Gasteiger partial charge in [-0.2, -0.15) is 5.10 Å². The van der Waals surface area contributed by atoms with Crippen LogP contribution in [0.15, 0.2) is 47.6 Å². The number of benzene rings is 2. The average molecular weight is 398 g/mol. The molecule has 0 fully saturated rings. The van der Waals surface area contributed by atoms with Gasteiger partial charge in [0, 0.05) is 6.42 Å². The Morgan fingerprint density at radius 3 is 2.38 bits per heavy atom. The summed E-state index contributed by atoms with van der Waals surface area (Å²) in [5, 5.41) is 3.94. The lowest BCUT2D eigenvalue weighted by Crippen LogP contribution is -2.16. The Balaban J connectivity index is 1.91. The second-order valence-electron chi connectivity index (χ2n) is 6.28. The molecule has 0 spiro atoms. The van der Waals surface area contributed by atoms with Crippen LogP contribution in [0, 0.1) is 0 Å². The largest absolute Gasteiger partial charge is 0.493 e. The fourth-order valence-corrected chi connectivity index (χ4v) is 2.52. The number of hydrogen-bond donors (Lipinski definition) is 1. The zero-order chi connectivity index (χ0) is 21.1. The number of unbranched alkanes of at least 4 members (excludes halogenated alkanes) is 2. The molecule has 0 radical (unpaired) electrons. The van der Waals surface area contributed by atoms with E-state index in [2.05, 4.69) is 17.5 Å². The Labute approximate surface area is 170 Å². The summed E-state index contributed by atoms with van der Waals surface area (Å²) in [5.41, 5.74) is 3.62. The van der Waals surface area contributed by atoms with E-state index in [1.807, 2.05) is 0 Å². The summed E-state index contributed by atoms with van der Waals surface area (Å²) in [7, 11) is 3.03. The van der Waals surface area contributed by atoms with Gasteiger partial charge in [0.1, 0.15) is 5.75 Å². The Bertz CT molecular complexity index is 847. The number of esters is 1. The van der Waals surface area contributed by atoms with Gasteiger partial charge in [-0.25, -0.2) is 10.2 Å². The molecular formula is C22H26N2O5. The molecule has 0 atom stereocenters. The van der Waals surface area contributed by atoms with E-state index in [9.17, 15) is 9.59 Å². The van der Waals surface area contributed by atoms with E-state index in [0.717, 1.165) is 24.8 Å². The normalized spacial score (nSPS) is 10.6. The zero-order valence-electron chi connectivity index (χ0n) is 16.9. The molecule has 0 unspecified atom stereocenters. The molecule has 29 heavy (non-hydrogen) atoms. The van der Waals surface area contributed by atoms with Crippen LogP contribution in [0.25, 0.3) is 0 Å². The summed E-state index contributed by atoms with van der Waals surface area (Å²) in [6, 6.07) is 11.6. The maximum Gasteiger partial charge on any atom is 0.343 e. The van der Waals surface area contributed by atoms with Gasteiger partial charge in [0.15, 0.2) is 11.5 Å². The molecule has 2 aromatic carbocycles. The van der Waals surface area contributed by atoms with Crippen LogP contribution in [-0.2, 0) is 4.79 Å². The van der Waals surface area contributed by atoms with E-state index in [0.29, 0.717) is 29.2 Å². The van der Waals surface area contributed by atoms with Crippen LogP contribution in [0.4, 0.5) is 0 Å². The number of nitrogens with one attached hydrogen (secondary N) is 1. The number of ether oxygens (including phenoxy) is 3. The van der Waals surface area contributed by atoms with Crippen molar-refractivity contribution in [1.82, 2.24) is 5.43 Å². The van der Waals surface area contributed by atoms with Crippen molar-refractivity contribution in [3.05, 3.63) is 53.6 Å². The molecule has 0 aliphatic heterocycles. The lowest BCUT2D eigenvalue weighted by Gasteiger charge is -2.09. The molecule has 1 N–H and O–H groups in total. The van der Waals surface area contributed by atoms with Crippen molar-refractivity contribution in [3.63, 3.8) is 0 Å². The van der Waals surface area contributed by atoms with Crippen LogP contribution >= 0.6 is 0 Å². The Kier molecular flexibility index (Phi) is 8.69. The highest BCUT2D eigenvalue weighted by molar-refractivity contribution is 5.92. The number of hydrazone groups is 1. The number of methoxy groups -OCH3 is 2. The number of amides is 1. The monoisotopic (exact) mass is 398 g/mol. The highest BCUT2D eigenvalue weighted by Crippen LogP contribution is 2.28. The molecule has 0 aliphatic rings. The Morgan fingerprint density at radius 1 is 1.00 bits per heavy atom. The molecule has 154 valence electrons. The molecule has 0 saturated carbocycles. The Morgan fingerprint density at radius 2 is 1.72 bits per heavy atom. The number of carbonyl (C=O) groups excluding carboxylic acids is 2. The minimum atomic E-state index is -0.508. The van der Waals surface area contributed by atoms with Gasteiger partial charge in [-0.15, -0.1) is 0 Å². The summed E-state index contributed by atoms with van der Waals surface area (Å²) in [5.74, 6) is 0.766. The van der Waals surface area contributed by atoms with E-state index in [1.54, 1.807) is 42.5 Å². The summed E-state index contributed by atoms with van der Waals surface area (Å²) in [6.45, 7) is 2.09. The van der Waals surface area contributed by atoms with Crippen molar-refractivity contribution < 1.29 is 23.8 Å². The van der Waals surface area contributed by atoms with Gasteiger partial charge in [-0.05, 0) is 54.4 Å². The van der Waals surface area contributed by atoms with Crippen molar-refractivity contribution in [2.45, 2.75) is 32.6 Å². The predicted molar refractivity (Wildman–Crippen MR) is 111 cm³/mol. The first-order valence-corrected chi connectivity index (χ1v) is 9.43. The van der Waals surface area contributed by atoms with Crippen LogP contribution < -0.4 is 19.6 Å². The van der Waals surface area contributed by atoms with Crippen LogP contribution in [0.5, 0.6) is 17.2 Å². The summed E-state index contributed by atoms with van der Waals surface area (Å²) in [4.78, 5) is 23.9. The molecule has 0 saturated heterocycles. The van der Waals surface area contributed by atoms with Gasteiger partial charge >= 0.3 is 5.97 Å². The highest BCUT2D eigenvalue weighted by Gasteiger charge is 2.12. The van der Waals surface area contributed by atoms with Crippen LogP contribution in [0.2, 0.25) is 0 Å². The number of rotatable bonds is 10. The fraction of sp³-hybridized carbons (Fsp3) is 0.318. The van der Waals surface area contributed by atoms with Crippen LogP contribution in [-0.4, -0.2) is 32.3 Å². The smallest absolute Gasteiger partial charge is 0.343 e. The Hall–Kier alpha value is -3.35. The second-order valence-corrected chi connectivity index (χ2v) is 6.28. The van der Waals surface area contributed by atoms with Crippen LogP contribution in [0.3, 0.4) is 0 Å². The minimum absolute atomic E-state index is 0.102. The van der Waals surface area contributed by atoms with Gasteiger partial charge in [0.25, 0.3) is 0 Å². The third kappa shape index (κ3) is 6.95. The van der Waals surface area contributed by atoms with Crippen molar-refractivity contribution in [1.29, 1.82) is 0 Å². The molecule has 0 aliphatic carbocycles.